The first-order valence-corrected chi connectivity index (χ1v) is 10.1. The molecule has 0 spiro atoms. The first kappa shape index (κ1) is 18.6. The highest BCUT2D eigenvalue weighted by Crippen LogP contribution is 2.26. The SMILES string of the molecule is CCCCC(Sc1nnnn1Cc1cccs1)C(=O)Nc1cc(C)on1. The van der Waals surface area contributed by atoms with Crippen LogP contribution in [0.2, 0.25) is 0 Å². The van der Waals surface area contributed by atoms with Crippen LogP contribution >= 0.6 is 23.1 Å². The fraction of sp³-hybridized carbons (Fsp3) is 0.438. The molecule has 3 aromatic rings. The van der Waals surface area contributed by atoms with Crippen molar-refractivity contribution in [1.29, 1.82) is 0 Å². The Morgan fingerprint density at radius 1 is 1.50 bits per heavy atom. The predicted octanol–water partition coefficient (Wildman–Crippen LogP) is 3.37. The highest BCUT2D eigenvalue weighted by atomic mass is 32.2. The van der Waals surface area contributed by atoms with Crippen LogP contribution in [0.5, 0.6) is 0 Å². The molecule has 0 saturated carbocycles. The van der Waals surface area contributed by atoms with E-state index in [9.17, 15) is 4.79 Å². The average molecular weight is 393 g/mol. The van der Waals surface area contributed by atoms with Crippen molar-refractivity contribution in [2.24, 2.45) is 0 Å². The lowest BCUT2D eigenvalue weighted by molar-refractivity contribution is -0.115. The van der Waals surface area contributed by atoms with Crippen molar-refractivity contribution in [3.8, 4) is 0 Å². The van der Waals surface area contributed by atoms with Gasteiger partial charge in [0.1, 0.15) is 5.76 Å². The van der Waals surface area contributed by atoms with E-state index in [4.69, 9.17) is 4.52 Å². The van der Waals surface area contributed by atoms with Gasteiger partial charge in [0.2, 0.25) is 11.1 Å². The number of thioether (sulfide) groups is 1. The van der Waals surface area contributed by atoms with E-state index in [1.165, 1.54) is 11.8 Å². The van der Waals surface area contributed by atoms with Crippen molar-refractivity contribution < 1.29 is 9.32 Å². The molecule has 1 atom stereocenters. The zero-order valence-electron chi connectivity index (χ0n) is 14.6. The molecule has 0 aliphatic heterocycles. The molecule has 8 nitrogen and oxygen atoms in total. The fourth-order valence-electron chi connectivity index (χ4n) is 2.32. The minimum Gasteiger partial charge on any atom is -0.360 e. The number of rotatable bonds is 9. The maximum Gasteiger partial charge on any atom is 0.239 e. The Balaban J connectivity index is 1.70. The summed E-state index contributed by atoms with van der Waals surface area (Å²) in [7, 11) is 0. The summed E-state index contributed by atoms with van der Waals surface area (Å²) < 4.78 is 6.73. The molecule has 1 unspecified atom stereocenters. The smallest absolute Gasteiger partial charge is 0.239 e. The molecule has 0 bridgehead atoms. The van der Waals surface area contributed by atoms with E-state index in [0.29, 0.717) is 23.3 Å². The van der Waals surface area contributed by atoms with E-state index in [-0.39, 0.29) is 11.2 Å². The zero-order chi connectivity index (χ0) is 18.4. The number of hydrogen-bond donors (Lipinski definition) is 1. The number of unbranched alkanes of at least 4 members (excludes halogenated alkanes) is 1. The van der Waals surface area contributed by atoms with E-state index in [0.717, 1.165) is 24.1 Å². The Labute approximate surface area is 159 Å². The van der Waals surface area contributed by atoms with Crippen LogP contribution < -0.4 is 5.32 Å². The number of carbonyl (C=O) groups is 1. The zero-order valence-corrected chi connectivity index (χ0v) is 16.2. The van der Waals surface area contributed by atoms with Crippen molar-refractivity contribution in [1.82, 2.24) is 25.4 Å². The molecule has 3 heterocycles. The number of nitrogens with zero attached hydrogens (tertiary/aromatic N) is 5. The van der Waals surface area contributed by atoms with Crippen molar-refractivity contribution in [3.05, 3.63) is 34.2 Å². The van der Waals surface area contributed by atoms with Crippen LogP contribution in [0.1, 0.15) is 36.8 Å². The number of amides is 1. The monoisotopic (exact) mass is 392 g/mol. The molecule has 3 rings (SSSR count). The first-order chi connectivity index (χ1) is 12.7. The second kappa shape index (κ2) is 8.95. The Kier molecular flexibility index (Phi) is 6.40. The third-order valence-corrected chi connectivity index (χ3v) is 5.72. The number of hydrogen-bond acceptors (Lipinski definition) is 8. The molecule has 10 heteroatoms. The lowest BCUT2D eigenvalue weighted by Crippen LogP contribution is -2.26. The number of nitrogens with one attached hydrogen (secondary N) is 1. The van der Waals surface area contributed by atoms with E-state index < -0.39 is 0 Å². The summed E-state index contributed by atoms with van der Waals surface area (Å²) in [5.74, 6) is 0.952. The minimum absolute atomic E-state index is 0.123. The maximum absolute atomic E-state index is 12.7. The van der Waals surface area contributed by atoms with E-state index in [1.54, 1.807) is 29.0 Å². The predicted molar refractivity (Wildman–Crippen MR) is 100 cm³/mol. The van der Waals surface area contributed by atoms with Crippen molar-refractivity contribution >= 4 is 34.8 Å². The lowest BCUT2D eigenvalue weighted by atomic mass is 10.2. The fourth-order valence-corrected chi connectivity index (χ4v) is 4.02. The summed E-state index contributed by atoms with van der Waals surface area (Å²) in [6.45, 7) is 4.48. The average Bonchev–Trinajstić information content (AvgIpc) is 3.36. The van der Waals surface area contributed by atoms with Gasteiger partial charge in [-0.05, 0) is 35.2 Å². The lowest BCUT2D eigenvalue weighted by Gasteiger charge is -2.14. The largest absolute Gasteiger partial charge is 0.360 e. The van der Waals surface area contributed by atoms with Gasteiger partial charge < -0.3 is 9.84 Å². The number of aryl methyl sites for hydroxylation is 1. The van der Waals surface area contributed by atoms with Crippen LogP contribution in [-0.2, 0) is 11.3 Å². The molecule has 0 aromatic carbocycles. The Morgan fingerprint density at radius 3 is 3.08 bits per heavy atom. The van der Waals surface area contributed by atoms with Crippen LogP contribution in [0.4, 0.5) is 5.82 Å². The molecule has 26 heavy (non-hydrogen) atoms. The van der Waals surface area contributed by atoms with Crippen LogP contribution in [0, 0.1) is 6.92 Å². The number of anilines is 1. The van der Waals surface area contributed by atoms with E-state index in [2.05, 4.69) is 32.9 Å². The molecular formula is C16H20N6O2S2. The normalized spacial score (nSPS) is 12.2. The van der Waals surface area contributed by atoms with Gasteiger partial charge in [-0.15, -0.1) is 16.4 Å². The van der Waals surface area contributed by atoms with Crippen molar-refractivity contribution in [3.63, 3.8) is 0 Å². The van der Waals surface area contributed by atoms with Crippen molar-refractivity contribution in [2.45, 2.75) is 50.1 Å². The summed E-state index contributed by atoms with van der Waals surface area (Å²) in [5, 5.41) is 20.9. The summed E-state index contributed by atoms with van der Waals surface area (Å²) in [6, 6.07) is 5.73. The maximum atomic E-state index is 12.7. The summed E-state index contributed by atoms with van der Waals surface area (Å²) in [5.41, 5.74) is 0. The standard InChI is InChI=1S/C16H20N6O2S2/c1-3-4-7-13(15(23)17-14-9-11(2)24-19-14)26-16-18-20-21-22(16)10-12-6-5-8-25-12/h5-6,8-9,13H,3-4,7,10H2,1-2H3,(H,17,19,23). The van der Waals surface area contributed by atoms with Gasteiger partial charge in [-0.1, -0.05) is 42.8 Å². The van der Waals surface area contributed by atoms with Gasteiger partial charge in [0.15, 0.2) is 5.82 Å². The Bertz CT molecular complexity index is 830. The van der Waals surface area contributed by atoms with Gasteiger partial charge in [0, 0.05) is 10.9 Å². The summed E-state index contributed by atoms with van der Waals surface area (Å²) >= 11 is 3.03. The topological polar surface area (TPSA) is 98.7 Å². The van der Waals surface area contributed by atoms with Crippen LogP contribution in [0.3, 0.4) is 0 Å². The van der Waals surface area contributed by atoms with E-state index >= 15 is 0 Å². The molecular weight excluding hydrogens is 372 g/mol. The molecule has 1 amide bonds. The van der Waals surface area contributed by atoms with Crippen LogP contribution in [0.25, 0.3) is 0 Å². The van der Waals surface area contributed by atoms with Gasteiger partial charge in [-0.3, -0.25) is 4.79 Å². The summed E-state index contributed by atoms with van der Waals surface area (Å²) in [6.07, 6.45) is 2.68. The molecule has 0 aliphatic rings. The van der Waals surface area contributed by atoms with Crippen LogP contribution in [0.15, 0.2) is 33.3 Å². The van der Waals surface area contributed by atoms with Gasteiger partial charge in [0.05, 0.1) is 11.8 Å². The van der Waals surface area contributed by atoms with E-state index in [1.807, 2.05) is 17.5 Å². The third-order valence-electron chi connectivity index (χ3n) is 3.62. The second-order valence-electron chi connectivity index (χ2n) is 5.76. The number of thiophene rings is 1. The molecule has 0 saturated heterocycles. The van der Waals surface area contributed by atoms with Gasteiger partial charge in [0.25, 0.3) is 0 Å². The molecule has 0 aliphatic carbocycles. The minimum atomic E-state index is -0.306. The first-order valence-electron chi connectivity index (χ1n) is 8.35. The molecule has 0 fully saturated rings. The third kappa shape index (κ3) is 4.92. The Morgan fingerprint density at radius 2 is 2.38 bits per heavy atom. The molecule has 138 valence electrons. The van der Waals surface area contributed by atoms with Gasteiger partial charge >= 0.3 is 0 Å². The number of carbonyl (C=O) groups excluding carboxylic acids is 1. The molecule has 3 aromatic heterocycles. The highest BCUT2D eigenvalue weighted by molar-refractivity contribution is 8.00. The van der Waals surface area contributed by atoms with Gasteiger partial charge in [-0.25, -0.2) is 4.68 Å². The van der Waals surface area contributed by atoms with Crippen molar-refractivity contribution in [2.75, 3.05) is 5.32 Å². The molecule has 1 N–H and O–H groups in total. The Hall–Kier alpha value is -2.20. The van der Waals surface area contributed by atoms with Gasteiger partial charge in [-0.2, -0.15) is 0 Å². The quantitative estimate of drug-likeness (QED) is 0.557. The highest BCUT2D eigenvalue weighted by Gasteiger charge is 2.23. The van der Waals surface area contributed by atoms with Crippen LogP contribution in [-0.4, -0.2) is 36.5 Å². The number of aromatic nitrogens is 5. The second-order valence-corrected chi connectivity index (χ2v) is 7.96. The molecule has 0 radical (unpaired) electrons. The summed E-state index contributed by atoms with van der Waals surface area (Å²) in [4.78, 5) is 13.9. The number of tetrazole rings is 1.